The van der Waals surface area contributed by atoms with Crippen LogP contribution in [0.3, 0.4) is 0 Å². The van der Waals surface area contributed by atoms with Crippen LogP contribution in [0.2, 0.25) is 0 Å². The second-order valence-corrected chi connectivity index (χ2v) is 11.1. The smallest absolute Gasteiger partial charge is 0.346 e. The quantitative estimate of drug-likeness (QED) is 0.0940. The predicted octanol–water partition coefficient (Wildman–Crippen LogP) is 11.2. The van der Waals surface area contributed by atoms with Crippen molar-refractivity contribution >= 4 is 41.3 Å². The minimum absolute atomic E-state index is 0.310. The van der Waals surface area contributed by atoms with Gasteiger partial charge in [0, 0.05) is 17.1 Å². The molecule has 0 saturated carbocycles. The maximum absolute atomic E-state index is 11.3. The number of aliphatic carboxylic acids is 1. The Morgan fingerprint density at radius 2 is 0.854 bits per heavy atom. The number of carbonyl (C=O) groups is 1. The monoisotopic (exact) mass is 620 g/mol. The van der Waals surface area contributed by atoms with Crippen molar-refractivity contribution in [1.82, 2.24) is 0 Å². The SMILES string of the molecule is N#CC(=Cc1ccc(N(c2ccc(C=CC=Cc3ccc(-c4ccccc4)cc3)cc2)c2ccc(-c3ccccc3)cc2)cc1)C(=O)O. The molecule has 0 radical (unpaired) electrons. The van der Waals surface area contributed by atoms with Gasteiger partial charge in [0.1, 0.15) is 11.6 Å². The van der Waals surface area contributed by atoms with E-state index in [9.17, 15) is 15.2 Å². The fourth-order valence-electron chi connectivity index (χ4n) is 5.39. The average molecular weight is 621 g/mol. The molecule has 48 heavy (non-hydrogen) atoms. The van der Waals surface area contributed by atoms with E-state index < -0.39 is 5.97 Å². The number of allylic oxidation sites excluding steroid dienone is 2. The van der Waals surface area contributed by atoms with Crippen LogP contribution in [0.4, 0.5) is 17.1 Å². The number of nitrogens with zero attached hydrogens (tertiary/aromatic N) is 2. The van der Waals surface area contributed by atoms with Crippen molar-refractivity contribution in [1.29, 1.82) is 5.26 Å². The topological polar surface area (TPSA) is 64.3 Å². The van der Waals surface area contributed by atoms with Crippen molar-refractivity contribution in [3.8, 4) is 28.3 Å². The molecule has 230 valence electrons. The number of nitriles is 1. The lowest BCUT2D eigenvalue weighted by atomic mass is 10.0. The van der Waals surface area contributed by atoms with E-state index in [0.29, 0.717) is 5.56 Å². The summed E-state index contributed by atoms with van der Waals surface area (Å²) in [6, 6.07) is 55.1. The second-order valence-electron chi connectivity index (χ2n) is 11.1. The third kappa shape index (κ3) is 7.74. The van der Waals surface area contributed by atoms with Crippen LogP contribution in [-0.4, -0.2) is 11.1 Å². The molecule has 0 aromatic heterocycles. The Kier molecular flexibility index (Phi) is 9.81. The van der Waals surface area contributed by atoms with Crippen LogP contribution < -0.4 is 4.90 Å². The number of hydrogen-bond donors (Lipinski definition) is 1. The fourth-order valence-corrected chi connectivity index (χ4v) is 5.39. The minimum atomic E-state index is -1.25. The molecule has 0 saturated heterocycles. The standard InChI is InChI=1S/C44H32N2O2/c45-32-40(44(47)48)31-35-19-27-42(28-20-35)46(43-29-23-39(24-30-43)37-13-5-2-6-14-37)41-25-17-34(18-26-41)10-8-7-9-33-15-21-38(22-16-33)36-11-3-1-4-12-36/h1-31H,(H,47,48). The van der Waals surface area contributed by atoms with Gasteiger partial charge in [0.2, 0.25) is 0 Å². The number of carboxylic acid groups (broad SMARTS) is 1. The van der Waals surface area contributed by atoms with E-state index in [1.807, 2.05) is 60.7 Å². The first-order chi connectivity index (χ1) is 23.6. The largest absolute Gasteiger partial charge is 0.477 e. The lowest BCUT2D eigenvalue weighted by molar-refractivity contribution is -0.132. The van der Waals surface area contributed by atoms with Crippen LogP contribution in [0.15, 0.2) is 175 Å². The zero-order valence-electron chi connectivity index (χ0n) is 26.1. The highest BCUT2D eigenvalue weighted by Gasteiger charge is 2.13. The van der Waals surface area contributed by atoms with E-state index in [4.69, 9.17) is 0 Å². The van der Waals surface area contributed by atoms with Gasteiger partial charge < -0.3 is 10.0 Å². The summed E-state index contributed by atoms with van der Waals surface area (Å²) in [4.78, 5) is 13.5. The van der Waals surface area contributed by atoms with Gasteiger partial charge in [0.25, 0.3) is 0 Å². The Balaban J connectivity index is 1.22. The Bertz CT molecular complexity index is 2100. The van der Waals surface area contributed by atoms with Gasteiger partial charge >= 0.3 is 5.97 Å². The van der Waals surface area contributed by atoms with Crippen LogP contribution in [0.25, 0.3) is 40.5 Å². The number of carboxylic acids is 1. The molecule has 4 nitrogen and oxygen atoms in total. The van der Waals surface area contributed by atoms with Gasteiger partial charge in [-0.25, -0.2) is 4.79 Å². The molecule has 0 fully saturated rings. The number of rotatable bonds is 10. The average Bonchev–Trinajstić information content (AvgIpc) is 3.15. The summed E-state index contributed by atoms with van der Waals surface area (Å²) in [6.45, 7) is 0. The van der Waals surface area contributed by atoms with Gasteiger partial charge in [0.15, 0.2) is 0 Å². The van der Waals surface area contributed by atoms with E-state index in [2.05, 4.69) is 126 Å². The van der Waals surface area contributed by atoms with E-state index >= 15 is 0 Å². The van der Waals surface area contributed by atoms with Gasteiger partial charge in [-0.3, -0.25) is 0 Å². The van der Waals surface area contributed by atoms with Gasteiger partial charge in [-0.2, -0.15) is 5.26 Å². The summed E-state index contributed by atoms with van der Waals surface area (Å²) in [7, 11) is 0. The summed E-state index contributed by atoms with van der Waals surface area (Å²) in [5.41, 5.74) is 10.1. The highest BCUT2D eigenvalue weighted by atomic mass is 16.4. The maximum atomic E-state index is 11.3. The number of benzene rings is 6. The molecule has 6 aromatic rings. The van der Waals surface area contributed by atoms with Crippen LogP contribution >= 0.6 is 0 Å². The first-order valence-electron chi connectivity index (χ1n) is 15.6. The molecule has 6 rings (SSSR count). The maximum Gasteiger partial charge on any atom is 0.346 e. The molecular formula is C44H32N2O2. The van der Waals surface area contributed by atoms with Gasteiger partial charge in [-0.1, -0.05) is 146 Å². The van der Waals surface area contributed by atoms with Crippen LogP contribution in [0, 0.1) is 11.3 Å². The lowest BCUT2D eigenvalue weighted by Crippen LogP contribution is -2.09. The normalized spacial score (nSPS) is 11.4. The summed E-state index contributed by atoms with van der Waals surface area (Å²) in [6.07, 6.45) is 9.63. The number of hydrogen-bond acceptors (Lipinski definition) is 3. The molecule has 0 aliphatic rings. The van der Waals surface area contributed by atoms with Crippen molar-refractivity contribution < 1.29 is 9.90 Å². The summed E-state index contributed by atoms with van der Waals surface area (Å²) < 4.78 is 0. The molecule has 0 atom stereocenters. The molecule has 1 N–H and O–H groups in total. The van der Waals surface area contributed by atoms with Crippen molar-refractivity contribution in [2.45, 2.75) is 0 Å². The Hall–Kier alpha value is -6.70. The van der Waals surface area contributed by atoms with E-state index in [1.54, 1.807) is 6.07 Å². The van der Waals surface area contributed by atoms with E-state index in [0.717, 1.165) is 39.3 Å². The van der Waals surface area contributed by atoms with Gasteiger partial charge in [-0.05, 0) is 81.4 Å². The van der Waals surface area contributed by atoms with Crippen molar-refractivity contribution in [2.24, 2.45) is 0 Å². The van der Waals surface area contributed by atoms with E-state index in [-0.39, 0.29) is 5.57 Å². The number of anilines is 3. The molecule has 0 amide bonds. The molecule has 0 bridgehead atoms. The predicted molar refractivity (Wildman–Crippen MR) is 198 cm³/mol. The molecule has 0 unspecified atom stereocenters. The highest BCUT2D eigenvalue weighted by molar-refractivity contribution is 5.96. The Morgan fingerprint density at radius 3 is 1.27 bits per heavy atom. The molecule has 0 spiro atoms. The zero-order chi connectivity index (χ0) is 33.1. The summed E-state index contributed by atoms with van der Waals surface area (Å²) in [5, 5.41) is 18.4. The molecule has 4 heteroatoms. The molecule has 0 heterocycles. The van der Waals surface area contributed by atoms with Crippen LogP contribution in [0.1, 0.15) is 16.7 Å². The van der Waals surface area contributed by atoms with E-state index in [1.165, 1.54) is 17.2 Å². The van der Waals surface area contributed by atoms with Crippen molar-refractivity contribution in [3.63, 3.8) is 0 Å². The summed E-state index contributed by atoms with van der Waals surface area (Å²) in [5.74, 6) is -1.25. The molecule has 0 aliphatic carbocycles. The first kappa shape index (κ1) is 31.3. The molecule has 0 aliphatic heterocycles. The minimum Gasteiger partial charge on any atom is -0.477 e. The third-order valence-corrected chi connectivity index (χ3v) is 7.90. The highest BCUT2D eigenvalue weighted by Crippen LogP contribution is 2.36. The molecular weight excluding hydrogens is 588 g/mol. The Morgan fingerprint density at radius 1 is 0.500 bits per heavy atom. The molecule has 6 aromatic carbocycles. The van der Waals surface area contributed by atoms with Gasteiger partial charge in [-0.15, -0.1) is 0 Å². The second kappa shape index (κ2) is 15.1. The fraction of sp³-hybridized carbons (Fsp3) is 0. The van der Waals surface area contributed by atoms with Crippen LogP contribution in [0.5, 0.6) is 0 Å². The van der Waals surface area contributed by atoms with Crippen molar-refractivity contribution in [2.75, 3.05) is 4.90 Å². The zero-order valence-corrected chi connectivity index (χ0v) is 26.1. The van der Waals surface area contributed by atoms with Crippen LogP contribution in [-0.2, 0) is 4.79 Å². The first-order valence-corrected chi connectivity index (χ1v) is 15.6. The third-order valence-electron chi connectivity index (χ3n) is 7.90. The lowest BCUT2D eigenvalue weighted by Gasteiger charge is -2.26. The van der Waals surface area contributed by atoms with Crippen molar-refractivity contribution in [3.05, 3.63) is 192 Å². The van der Waals surface area contributed by atoms with Gasteiger partial charge in [0.05, 0.1) is 0 Å². The summed E-state index contributed by atoms with van der Waals surface area (Å²) >= 11 is 0. The Labute approximate surface area is 281 Å².